The Labute approximate surface area is 124 Å². The molecule has 114 valence electrons. The summed E-state index contributed by atoms with van der Waals surface area (Å²) in [6, 6.07) is 2.00. The van der Waals surface area contributed by atoms with Gasteiger partial charge in [0, 0.05) is 24.3 Å². The van der Waals surface area contributed by atoms with E-state index in [0.29, 0.717) is 12.2 Å². The van der Waals surface area contributed by atoms with E-state index in [9.17, 15) is 4.79 Å². The number of rotatable bonds is 6. The molecule has 2 aromatic heterocycles. The number of carbonyl (C=O) groups is 1. The normalized spacial score (nSPS) is 11.1. The molecule has 0 aromatic carbocycles. The lowest BCUT2D eigenvalue weighted by atomic mass is 10.1. The molecule has 0 saturated carbocycles. The SMILES string of the molecule is Cc1noc(C)c1CCCNC(=O)c1ccn(C(C)C)n1. The van der Waals surface area contributed by atoms with Gasteiger partial charge in [0.1, 0.15) is 11.5 Å². The summed E-state index contributed by atoms with van der Waals surface area (Å²) in [6.07, 6.45) is 3.52. The van der Waals surface area contributed by atoms with Gasteiger partial charge in [-0.15, -0.1) is 0 Å². The number of amides is 1. The maximum atomic E-state index is 12.0. The third kappa shape index (κ3) is 3.71. The third-order valence-corrected chi connectivity index (χ3v) is 3.44. The predicted octanol–water partition coefficient (Wildman–Crippen LogP) is 2.43. The van der Waals surface area contributed by atoms with Crippen LogP contribution >= 0.6 is 0 Å². The number of hydrogen-bond acceptors (Lipinski definition) is 4. The summed E-state index contributed by atoms with van der Waals surface area (Å²) < 4.78 is 6.89. The molecule has 0 aliphatic heterocycles. The second-order valence-corrected chi connectivity index (χ2v) is 5.44. The summed E-state index contributed by atoms with van der Waals surface area (Å²) >= 11 is 0. The standard InChI is InChI=1S/C15H22N4O2/c1-10(2)19-9-7-14(17-19)15(20)16-8-5-6-13-11(3)18-21-12(13)4/h7,9-10H,5-6,8H2,1-4H3,(H,16,20). The van der Waals surface area contributed by atoms with Crippen LogP contribution in [0.15, 0.2) is 16.8 Å². The van der Waals surface area contributed by atoms with Gasteiger partial charge in [0.15, 0.2) is 0 Å². The van der Waals surface area contributed by atoms with Crippen molar-refractivity contribution in [1.29, 1.82) is 0 Å². The van der Waals surface area contributed by atoms with Crippen LogP contribution < -0.4 is 5.32 Å². The molecule has 2 aromatic rings. The molecule has 2 heterocycles. The topological polar surface area (TPSA) is 73.0 Å². The zero-order valence-electron chi connectivity index (χ0n) is 13.0. The second kappa shape index (κ2) is 6.56. The Morgan fingerprint density at radius 2 is 2.19 bits per heavy atom. The quantitative estimate of drug-likeness (QED) is 0.829. The lowest BCUT2D eigenvalue weighted by Gasteiger charge is -2.05. The van der Waals surface area contributed by atoms with Crippen molar-refractivity contribution in [2.45, 2.75) is 46.6 Å². The monoisotopic (exact) mass is 290 g/mol. The molecule has 1 amide bonds. The highest BCUT2D eigenvalue weighted by atomic mass is 16.5. The summed E-state index contributed by atoms with van der Waals surface area (Å²) in [5.41, 5.74) is 2.52. The van der Waals surface area contributed by atoms with Crippen molar-refractivity contribution in [3.05, 3.63) is 35.0 Å². The highest BCUT2D eigenvalue weighted by Crippen LogP contribution is 2.13. The molecule has 21 heavy (non-hydrogen) atoms. The van der Waals surface area contributed by atoms with E-state index in [4.69, 9.17) is 4.52 Å². The van der Waals surface area contributed by atoms with Crippen LogP contribution in [-0.4, -0.2) is 27.4 Å². The number of aromatic nitrogens is 3. The molecular weight excluding hydrogens is 268 g/mol. The average molecular weight is 290 g/mol. The van der Waals surface area contributed by atoms with Gasteiger partial charge in [-0.3, -0.25) is 9.48 Å². The van der Waals surface area contributed by atoms with Gasteiger partial charge in [0.2, 0.25) is 0 Å². The van der Waals surface area contributed by atoms with Crippen LogP contribution in [0.25, 0.3) is 0 Å². The van der Waals surface area contributed by atoms with E-state index in [1.54, 1.807) is 10.7 Å². The molecule has 2 rings (SSSR count). The third-order valence-electron chi connectivity index (χ3n) is 3.44. The first-order chi connectivity index (χ1) is 9.99. The van der Waals surface area contributed by atoms with E-state index in [0.717, 1.165) is 29.9 Å². The number of nitrogens with zero attached hydrogens (tertiary/aromatic N) is 3. The predicted molar refractivity (Wildman–Crippen MR) is 79.2 cm³/mol. The minimum absolute atomic E-state index is 0.131. The lowest BCUT2D eigenvalue weighted by Crippen LogP contribution is -2.25. The minimum atomic E-state index is -0.131. The Hall–Kier alpha value is -2.11. The van der Waals surface area contributed by atoms with Gasteiger partial charge in [0.05, 0.1) is 5.69 Å². The molecule has 0 aliphatic carbocycles. The zero-order chi connectivity index (χ0) is 15.4. The van der Waals surface area contributed by atoms with Crippen molar-refractivity contribution in [2.24, 2.45) is 0 Å². The molecule has 0 fully saturated rings. The fourth-order valence-electron chi connectivity index (χ4n) is 2.16. The largest absolute Gasteiger partial charge is 0.361 e. The minimum Gasteiger partial charge on any atom is -0.361 e. The van der Waals surface area contributed by atoms with E-state index in [2.05, 4.69) is 15.6 Å². The molecule has 0 bridgehead atoms. The number of carbonyl (C=O) groups excluding carboxylic acids is 1. The highest BCUT2D eigenvalue weighted by Gasteiger charge is 2.11. The van der Waals surface area contributed by atoms with Crippen LogP contribution in [0.1, 0.15) is 53.8 Å². The smallest absolute Gasteiger partial charge is 0.271 e. The summed E-state index contributed by atoms with van der Waals surface area (Å²) in [7, 11) is 0. The second-order valence-electron chi connectivity index (χ2n) is 5.44. The Morgan fingerprint density at radius 1 is 1.43 bits per heavy atom. The Morgan fingerprint density at radius 3 is 2.76 bits per heavy atom. The molecule has 0 aliphatic rings. The Kier molecular flexibility index (Phi) is 4.77. The van der Waals surface area contributed by atoms with E-state index < -0.39 is 0 Å². The van der Waals surface area contributed by atoms with Gasteiger partial charge >= 0.3 is 0 Å². The van der Waals surface area contributed by atoms with Gasteiger partial charge < -0.3 is 9.84 Å². The molecule has 6 nitrogen and oxygen atoms in total. The van der Waals surface area contributed by atoms with E-state index >= 15 is 0 Å². The maximum absolute atomic E-state index is 12.0. The van der Waals surface area contributed by atoms with Gasteiger partial charge in [0.25, 0.3) is 5.91 Å². The van der Waals surface area contributed by atoms with Crippen molar-refractivity contribution in [3.8, 4) is 0 Å². The molecule has 0 radical (unpaired) electrons. The van der Waals surface area contributed by atoms with Crippen LogP contribution in [0.3, 0.4) is 0 Å². The first-order valence-corrected chi connectivity index (χ1v) is 7.24. The molecule has 1 N–H and O–H groups in total. The molecule has 6 heteroatoms. The van der Waals surface area contributed by atoms with Crippen molar-refractivity contribution in [2.75, 3.05) is 6.54 Å². The van der Waals surface area contributed by atoms with Crippen LogP contribution in [0, 0.1) is 13.8 Å². The summed E-state index contributed by atoms with van der Waals surface area (Å²) in [5, 5.41) is 11.1. The van der Waals surface area contributed by atoms with E-state index in [1.165, 1.54) is 0 Å². The zero-order valence-corrected chi connectivity index (χ0v) is 13.0. The van der Waals surface area contributed by atoms with Crippen LogP contribution in [0.4, 0.5) is 0 Å². The van der Waals surface area contributed by atoms with Crippen LogP contribution in [0.5, 0.6) is 0 Å². The fraction of sp³-hybridized carbons (Fsp3) is 0.533. The molecule has 0 spiro atoms. The molecule has 0 atom stereocenters. The van der Waals surface area contributed by atoms with Crippen LogP contribution in [0.2, 0.25) is 0 Å². The molecule has 0 unspecified atom stereocenters. The van der Waals surface area contributed by atoms with Gasteiger partial charge in [-0.25, -0.2) is 0 Å². The van der Waals surface area contributed by atoms with Gasteiger partial charge in [-0.05, 0) is 46.6 Å². The van der Waals surface area contributed by atoms with Crippen LogP contribution in [-0.2, 0) is 6.42 Å². The molecular formula is C15H22N4O2. The Bertz CT molecular complexity index is 593. The maximum Gasteiger partial charge on any atom is 0.271 e. The summed E-state index contributed by atoms with van der Waals surface area (Å²) in [4.78, 5) is 12.0. The highest BCUT2D eigenvalue weighted by molar-refractivity contribution is 5.92. The lowest BCUT2D eigenvalue weighted by molar-refractivity contribution is 0.0947. The number of hydrogen-bond donors (Lipinski definition) is 1. The van der Waals surface area contributed by atoms with Crippen molar-refractivity contribution < 1.29 is 9.32 Å². The van der Waals surface area contributed by atoms with Crippen molar-refractivity contribution >= 4 is 5.91 Å². The first-order valence-electron chi connectivity index (χ1n) is 7.24. The fourth-order valence-corrected chi connectivity index (χ4v) is 2.16. The van der Waals surface area contributed by atoms with Gasteiger partial charge in [-0.1, -0.05) is 5.16 Å². The van der Waals surface area contributed by atoms with Crippen molar-refractivity contribution in [3.63, 3.8) is 0 Å². The van der Waals surface area contributed by atoms with Gasteiger partial charge in [-0.2, -0.15) is 5.10 Å². The average Bonchev–Trinajstić information content (AvgIpc) is 3.04. The Balaban J connectivity index is 1.79. The first kappa shape index (κ1) is 15.3. The number of nitrogens with one attached hydrogen (secondary N) is 1. The molecule has 0 saturated heterocycles. The number of aryl methyl sites for hydroxylation is 2. The van der Waals surface area contributed by atoms with Crippen molar-refractivity contribution in [1.82, 2.24) is 20.3 Å². The van der Waals surface area contributed by atoms with E-state index in [-0.39, 0.29) is 11.9 Å². The summed E-state index contributed by atoms with van der Waals surface area (Å²) in [6.45, 7) is 8.50. The van der Waals surface area contributed by atoms with E-state index in [1.807, 2.05) is 33.9 Å². The summed E-state index contributed by atoms with van der Waals surface area (Å²) in [5.74, 6) is 0.725.